The van der Waals surface area contributed by atoms with Gasteiger partial charge in [0.2, 0.25) is 5.91 Å². The number of benzene rings is 1. The number of methoxy groups -OCH3 is 1. The van der Waals surface area contributed by atoms with E-state index >= 15 is 0 Å². The van der Waals surface area contributed by atoms with Gasteiger partial charge in [-0.2, -0.15) is 0 Å². The van der Waals surface area contributed by atoms with Gasteiger partial charge < -0.3 is 19.6 Å². The van der Waals surface area contributed by atoms with E-state index in [9.17, 15) is 4.79 Å². The normalized spacial score (nSPS) is 14.4. The van der Waals surface area contributed by atoms with Gasteiger partial charge in [-0.15, -0.1) is 0 Å². The van der Waals surface area contributed by atoms with Crippen LogP contribution in [0.2, 0.25) is 0 Å². The number of piperidine rings is 1. The minimum Gasteiger partial charge on any atom is -0.497 e. The summed E-state index contributed by atoms with van der Waals surface area (Å²) in [5, 5.41) is 9.97. The van der Waals surface area contributed by atoms with Gasteiger partial charge in [0.05, 0.1) is 12.8 Å². The van der Waals surface area contributed by atoms with E-state index in [4.69, 9.17) is 19.6 Å². The number of rotatable bonds is 6. The molecule has 1 saturated heterocycles. The molecule has 1 aliphatic heterocycles. The van der Waals surface area contributed by atoms with Gasteiger partial charge in [0, 0.05) is 31.4 Å². The number of fused-ring (bicyclic) bond motifs is 1. The molecule has 32 heavy (non-hydrogen) atoms. The van der Waals surface area contributed by atoms with E-state index in [-0.39, 0.29) is 18.3 Å². The third-order valence-electron chi connectivity index (χ3n) is 5.62. The predicted octanol–water partition coefficient (Wildman–Crippen LogP) is 2.88. The van der Waals surface area contributed by atoms with Gasteiger partial charge in [0.15, 0.2) is 0 Å². The molecule has 8 heteroatoms. The van der Waals surface area contributed by atoms with Gasteiger partial charge in [-0.05, 0) is 62.2 Å². The van der Waals surface area contributed by atoms with Crippen LogP contribution in [0.15, 0.2) is 48.8 Å². The van der Waals surface area contributed by atoms with Crippen molar-refractivity contribution < 1.29 is 19.4 Å². The van der Waals surface area contributed by atoms with Gasteiger partial charge >= 0.3 is 0 Å². The first-order valence-corrected chi connectivity index (χ1v) is 10.7. The number of carbonyl (C=O) groups is 2. The summed E-state index contributed by atoms with van der Waals surface area (Å²) in [6.07, 6.45) is 5.99. The van der Waals surface area contributed by atoms with E-state index < -0.39 is 0 Å². The van der Waals surface area contributed by atoms with Crippen molar-refractivity contribution in [3.63, 3.8) is 0 Å². The molecule has 1 aromatic carbocycles. The summed E-state index contributed by atoms with van der Waals surface area (Å²) in [5.41, 5.74) is 4.37. The van der Waals surface area contributed by atoms with Crippen molar-refractivity contribution in [1.82, 2.24) is 19.6 Å². The molecular formula is C24H30N4O4. The lowest BCUT2D eigenvalue weighted by molar-refractivity contribution is -0.126. The molecule has 2 aromatic heterocycles. The second kappa shape index (κ2) is 11.3. The van der Waals surface area contributed by atoms with Crippen LogP contribution in [0.4, 0.5) is 0 Å². The molecule has 1 aliphatic rings. The number of imidazole rings is 1. The van der Waals surface area contributed by atoms with Crippen LogP contribution in [-0.4, -0.2) is 52.0 Å². The van der Waals surface area contributed by atoms with Crippen LogP contribution < -0.4 is 10.1 Å². The summed E-state index contributed by atoms with van der Waals surface area (Å²) in [7, 11) is 1.65. The molecule has 0 aliphatic carbocycles. The SMILES string of the molecule is COc1ccc(CNC(=O)C2CCN(Cc3cn4cc(C)ccc4n3)CC2)cc1.O=CO. The number of carbonyl (C=O) groups excluding carboxylic acids is 1. The van der Waals surface area contributed by atoms with Gasteiger partial charge in [0.25, 0.3) is 6.47 Å². The van der Waals surface area contributed by atoms with Crippen LogP contribution in [0, 0.1) is 12.8 Å². The Bertz CT molecular complexity index is 1020. The van der Waals surface area contributed by atoms with Crippen LogP contribution in [0.1, 0.15) is 29.7 Å². The first-order valence-electron chi connectivity index (χ1n) is 10.7. The molecule has 3 aromatic rings. The quantitative estimate of drug-likeness (QED) is 0.575. The summed E-state index contributed by atoms with van der Waals surface area (Å²) < 4.78 is 7.25. The Balaban J connectivity index is 0.000000913. The molecule has 1 amide bonds. The summed E-state index contributed by atoms with van der Waals surface area (Å²) in [4.78, 5) is 28.0. The smallest absolute Gasteiger partial charge is 0.290 e. The molecule has 0 radical (unpaired) electrons. The Morgan fingerprint density at radius 1 is 1.19 bits per heavy atom. The number of aromatic nitrogens is 2. The Labute approximate surface area is 187 Å². The lowest BCUT2D eigenvalue weighted by atomic mass is 9.95. The standard InChI is InChI=1S/C23H28N4O2.CH2O2/c1-17-3-8-22-25-20(16-27(22)14-17)15-26-11-9-19(10-12-26)23(28)24-13-18-4-6-21(29-2)7-5-18;2-1-3/h3-8,14,16,19H,9-13,15H2,1-2H3,(H,24,28);1H,(H,2,3). The molecule has 3 heterocycles. The predicted molar refractivity (Wildman–Crippen MR) is 121 cm³/mol. The minimum atomic E-state index is -0.250. The molecule has 0 spiro atoms. The topological polar surface area (TPSA) is 96.2 Å². The maximum Gasteiger partial charge on any atom is 0.290 e. The maximum absolute atomic E-state index is 12.5. The average molecular weight is 439 g/mol. The van der Waals surface area contributed by atoms with Crippen molar-refractivity contribution in [2.75, 3.05) is 20.2 Å². The van der Waals surface area contributed by atoms with E-state index in [0.29, 0.717) is 6.54 Å². The number of hydrogen-bond acceptors (Lipinski definition) is 5. The van der Waals surface area contributed by atoms with Crippen molar-refractivity contribution in [1.29, 1.82) is 0 Å². The first kappa shape index (κ1) is 23.3. The highest BCUT2D eigenvalue weighted by Gasteiger charge is 2.25. The zero-order valence-corrected chi connectivity index (χ0v) is 18.5. The van der Waals surface area contributed by atoms with Crippen molar-refractivity contribution in [3.8, 4) is 5.75 Å². The van der Waals surface area contributed by atoms with Crippen molar-refractivity contribution in [3.05, 3.63) is 65.6 Å². The maximum atomic E-state index is 12.5. The van der Waals surface area contributed by atoms with E-state index in [0.717, 1.165) is 55.1 Å². The fraction of sp³-hybridized carbons (Fsp3) is 0.375. The van der Waals surface area contributed by atoms with Crippen molar-refractivity contribution in [2.24, 2.45) is 5.92 Å². The van der Waals surface area contributed by atoms with Crippen molar-refractivity contribution >= 4 is 18.0 Å². The monoisotopic (exact) mass is 438 g/mol. The molecule has 0 atom stereocenters. The lowest BCUT2D eigenvalue weighted by Gasteiger charge is -2.30. The summed E-state index contributed by atoms with van der Waals surface area (Å²) in [6, 6.07) is 11.9. The summed E-state index contributed by atoms with van der Waals surface area (Å²) in [6.45, 7) is 5.08. The third-order valence-corrected chi connectivity index (χ3v) is 5.62. The molecule has 2 N–H and O–H groups in total. The van der Waals surface area contributed by atoms with Crippen LogP contribution in [0.3, 0.4) is 0 Å². The molecule has 1 fully saturated rings. The minimum absolute atomic E-state index is 0.0909. The second-order valence-electron chi connectivity index (χ2n) is 7.93. The van der Waals surface area contributed by atoms with E-state index in [1.54, 1.807) is 7.11 Å². The fourth-order valence-corrected chi connectivity index (χ4v) is 3.89. The lowest BCUT2D eigenvalue weighted by Crippen LogP contribution is -2.40. The van der Waals surface area contributed by atoms with E-state index in [2.05, 4.69) is 46.1 Å². The fourth-order valence-electron chi connectivity index (χ4n) is 3.89. The number of amides is 1. The van der Waals surface area contributed by atoms with Crippen LogP contribution in [0.5, 0.6) is 5.75 Å². The Morgan fingerprint density at radius 2 is 1.88 bits per heavy atom. The summed E-state index contributed by atoms with van der Waals surface area (Å²) >= 11 is 0. The number of carboxylic acid groups (broad SMARTS) is 1. The second-order valence-corrected chi connectivity index (χ2v) is 7.93. The molecule has 170 valence electrons. The highest BCUT2D eigenvalue weighted by atomic mass is 16.5. The van der Waals surface area contributed by atoms with Crippen LogP contribution in [0.25, 0.3) is 5.65 Å². The van der Waals surface area contributed by atoms with E-state index in [1.165, 1.54) is 5.56 Å². The Hall–Kier alpha value is -3.39. The van der Waals surface area contributed by atoms with Crippen LogP contribution in [-0.2, 0) is 22.7 Å². The highest BCUT2D eigenvalue weighted by Crippen LogP contribution is 2.20. The number of hydrogen-bond donors (Lipinski definition) is 2. The largest absolute Gasteiger partial charge is 0.497 e. The number of nitrogens with one attached hydrogen (secondary N) is 1. The summed E-state index contributed by atoms with van der Waals surface area (Å²) in [5.74, 6) is 1.07. The highest BCUT2D eigenvalue weighted by molar-refractivity contribution is 5.78. The Kier molecular flexibility index (Phi) is 8.21. The molecular weight excluding hydrogens is 408 g/mol. The molecule has 4 rings (SSSR count). The number of nitrogens with zero attached hydrogens (tertiary/aromatic N) is 3. The molecule has 8 nitrogen and oxygen atoms in total. The first-order chi connectivity index (χ1) is 15.5. The third kappa shape index (κ3) is 6.31. The van der Waals surface area contributed by atoms with Gasteiger partial charge in [0.1, 0.15) is 11.4 Å². The van der Waals surface area contributed by atoms with Gasteiger partial charge in [-0.3, -0.25) is 14.5 Å². The van der Waals surface area contributed by atoms with Crippen molar-refractivity contribution in [2.45, 2.75) is 32.9 Å². The van der Waals surface area contributed by atoms with Gasteiger partial charge in [-0.1, -0.05) is 18.2 Å². The molecule has 0 bridgehead atoms. The van der Waals surface area contributed by atoms with E-state index in [1.807, 2.05) is 24.3 Å². The zero-order valence-electron chi connectivity index (χ0n) is 18.5. The number of likely N-dealkylation sites (tertiary alicyclic amines) is 1. The number of aryl methyl sites for hydroxylation is 1. The number of pyridine rings is 1. The average Bonchev–Trinajstić information content (AvgIpc) is 3.20. The Morgan fingerprint density at radius 3 is 2.53 bits per heavy atom. The van der Waals surface area contributed by atoms with Crippen LogP contribution >= 0.6 is 0 Å². The molecule has 0 unspecified atom stereocenters. The number of ether oxygens (including phenoxy) is 1. The zero-order chi connectivity index (χ0) is 22.9. The van der Waals surface area contributed by atoms with Gasteiger partial charge in [-0.25, -0.2) is 4.98 Å². The molecule has 0 saturated carbocycles.